The number of pyridine rings is 1. The molecule has 9 heteroatoms. The van der Waals surface area contributed by atoms with Gasteiger partial charge in [0.1, 0.15) is 24.2 Å². The van der Waals surface area contributed by atoms with Gasteiger partial charge < -0.3 is 14.8 Å². The van der Waals surface area contributed by atoms with Gasteiger partial charge in [0.15, 0.2) is 17.2 Å². The van der Waals surface area contributed by atoms with E-state index in [0.717, 1.165) is 41.0 Å². The Bertz CT molecular complexity index is 1380. The van der Waals surface area contributed by atoms with Crippen molar-refractivity contribution < 1.29 is 13.9 Å². The zero-order chi connectivity index (χ0) is 21.2. The summed E-state index contributed by atoms with van der Waals surface area (Å²) in [6, 6.07) is 5.13. The van der Waals surface area contributed by atoms with Crippen LogP contribution in [0.2, 0.25) is 0 Å². The van der Waals surface area contributed by atoms with E-state index in [0.29, 0.717) is 48.5 Å². The van der Waals surface area contributed by atoms with Crippen molar-refractivity contribution in [1.82, 2.24) is 24.6 Å². The summed E-state index contributed by atoms with van der Waals surface area (Å²) in [6.45, 7) is 1.16. The van der Waals surface area contributed by atoms with E-state index in [1.807, 2.05) is 16.7 Å². The highest BCUT2D eigenvalue weighted by atomic mass is 19.1. The van der Waals surface area contributed by atoms with Crippen LogP contribution in [0.25, 0.3) is 16.8 Å². The Hall–Kier alpha value is -3.75. The quantitative estimate of drug-likeness (QED) is 0.519. The van der Waals surface area contributed by atoms with Crippen LogP contribution in [0, 0.1) is 5.82 Å². The fourth-order valence-corrected chi connectivity index (χ4v) is 4.81. The average Bonchev–Trinajstić information content (AvgIpc) is 3.37. The second-order valence-electron chi connectivity index (χ2n) is 8.50. The van der Waals surface area contributed by atoms with E-state index in [1.54, 1.807) is 18.7 Å². The van der Waals surface area contributed by atoms with Crippen LogP contribution < -0.4 is 14.8 Å². The highest BCUT2D eigenvalue weighted by Gasteiger charge is 2.33. The maximum absolute atomic E-state index is 14.8. The molecule has 8 nitrogen and oxygen atoms in total. The zero-order valence-corrected chi connectivity index (χ0v) is 17.1. The lowest BCUT2D eigenvalue weighted by Gasteiger charge is -2.17. The molecule has 0 unspecified atom stereocenters. The van der Waals surface area contributed by atoms with Gasteiger partial charge in [-0.3, -0.25) is 4.40 Å². The molecule has 1 aromatic carbocycles. The van der Waals surface area contributed by atoms with Crippen molar-refractivity contribution in [3.8, 4) is 22.6 Å². The van der Waals surface area contributed by atoms with Gasteiger partial charge in [-0.15, -0.1) is 10.2 Å². The van der Waals surface area contributed by atoms with Crippen molar-refractivity contribution in [2.45, 2.75) is 31.2 Å². The van der Waals surface area contributed by atoms with Gasteiger partial charge in [0.25, 0.3) is 0 Å². The van der Waals surface area contributed by atoms with Crippen LogP contribution >= 0.6 is 0 Å². The number of fused-ring (bicyclic) bond motifs is 3. The highest BCUT2D eigenvalue weighted by molar-refractivity contribution is 5.83. The molecule has 1 N–H and O–H groups in total. The molecular weight excluding hydrogens is 411 g/mol. The highest BCUT2D eigenvalue weighted by Crippen LogP contribution is 2.45. The van der Waals surface area contributed by atoms with Gasteiger partial charge in [-0.25, -0.2) is 14.4 Å². The molecule has 0 bridgehead atoms. The molecule has 160 valence electrons. The van der Waals surface area contributed by atoms with E-state index in [2.05, 4.69) is 25.5 Å². The Morgan fingerprint density at radius 1 is 1.06 bits per heavy atom. The van der Waals surface area contributed by atoms with Crippen molar-refractivity contribution in [1.29, 1.82) is 0 Å². The minimum Gasteiger partial charge on any atom is -0.493 e. The van der Waals surface area contributed by atoms with Gasteiger partial charge in [-0.05, 0) is 31.0 Å². The lowest BCUT2D eigenvalue weighted by molar-refractivity contribution is 0.249. The molecule has 1 atom stereocenters. The molecule has 3 aromatic heterocycles. The maximum atomic E-state index is 14.8. The van der Waals surface area contributed by atoms with Crippen LogP contribution in [0.15, 0.2) is 37.1 Å². The largest absolute Gasteiger partial charge is 0.493 e. The number of hydrogen-bond donors (Lipinski definition) is 1. The number of halogens is 1. The van der Waals surface area contributed by atoms with E-state index < -0.39 is 0 Å². The summed E-state index contributed by atoms with van der Waals surface area (Å²) in [5.41, 5.74) is 5.02. The summed E-state index contributed by atoms with van der Waals surface area (Å²) in [5, 5.41) is 11.9. The molecule has 0 radical (unpaired) electrons. The van der Waals surface area contributed by atoms with E-state index in [-0.39, 0.29) is 11.7 Å². The van der Waals surface area contributed by atoms with Gasteiger partial charge in [0.05, 0.1) is 24.8 Å². The SMILES string of the molecule is Fc1ccc2c3c1CNc1c(cc(-c4cncnc4C4CC4)c4nncn14)OC[C@H]3CO2. The van der Waals surface area contributed by atoms with Crippen LogP contribution in [-0.2, 0) is 6.54 Å². The third kappa shape index (κ3) is 2.60. The molecule has 32 heavy (non-hydrogen) atoms. The molecular formula is C23H19FN6O2. The summed E-state index contributed by atoms with van der Waals surface area (Å²) < 4.78 is 28.7. The van der Waals surface area contributed by atoms with Gasteiger partial charge >= 0.3 is 0 Å². The molecule has 1 saturated carbocycles. The molecule has 5 heterocycles. The van der Waals surface area contributed by atoms with Gasteiger partial charge in [0.2, 0.25) is 0 Å². The predicted molar refractivity (Wildman–Crippen MR) is 113 cm³/mol. The third-order valence-corrected chi connectivity index (χ3v) is 6.52. The summed E-state index contributed by atoms with van der Waals surface area (Å²) in [6.07, 6.45) is 7.33. The Labute approximate surface area is 182 Å². The second kappa shape index (κ2) is 6.62. The average molecular weight is 430 g/mol. The van der Waals surface area contributed by atoms with Gasteiger partial charge in [-0.1, -0.05) is 0 Å². The molecule has 7 rings (SSSR count). The van der Waals surface area contributed by atoms with Crippen molar-refractivity contribution in [3.63, 3.8) is 0 Å². The normalized spacial score (nSPS) is 19.1. The number of ether oxygens (including phenoxy) is 2. The summed E-state index contributed by atoms with van der Waals surface area (Å²) in [5.74, 6) is 2.24. The lowest BCUT2D eigenvalue weighted by Crippen LogP contribution is -2.13. The van der Waals surface area contributed by atoms with Crippen LogP contribution in [0.4, 0.5) is 10.2 Å². The number of benzene rings is 1. The number of nitrogens with zero attached hydrogens (tertiary/aromatic N) is 5. The number of hydrogen-bond acceptors (Lipinski definition) is 7. The van der Waals surface area contributed by atoms with Crippen molar-refractivity contribution >= 4 is 11.5 Å². The fraction of sp³-hybridized carbons (Fsp3) is 0.304. The van der Waals surface area contributed by atoms with Crippen LogP contribution in [-0.4, -0.2) is 37.8 Å². The molecule has 2 aliphatic heterocycles. The molecule has 3 aliphatic rings. The lowest BCUT2D eigenvalue weighted by atomic mass is 9.96. The fourth-order valence-electron chi connectivity index (χ4n) is 4.81. The predicted octanol–water partition coefficient (Wildman–Crippen LogP) is 3.68. The van der Waals surface area contributed by atoms with Gasteiger partial charge in [-0.2, -0.15) is 0 Å². The molecule has 1 fully saturated rings. The zero-order valence-electron chi connectivity index (χ0n) is 17.1. The maximum Gasteiger partial charge on any atom is 0.170 e. The third-order valence-electron chi connectivity index (χ3n) is 6.52. The first-order valence-electron chi connectivity index (χ1n) is 10.8. The van der Waals surface area contributed by atoms with Crippen LogP contribution in [0.3, 0.4) is 0 Å². The molecule has 4 aromatic rings. The van der Waals surface area contributed by atoms with Gasteiger partial charge in [0, 0.05) is 40.9 Å². The minimum atomic E-state index is -0.248. The monoisotopic (exact) mass is 430 g/mol. The number of nitrogens with one attached hydrogen (secondary N) is 1. The smallest absolute Gasteiger partial charge is 0.170 e. The van der Waals surface area contributed by atoms with Crippen molar-refractivity contribution in [2.75, 3.05) is 18.5 Å². The topological polar surface area (TPSA) is 86.5 Å². The van der Waals surface area contributed by atoms with E-state index in [4.69, 9.17) is 9.47 Å². The number of rotatable bonds is 2. The molecule has 0 amide bonds. The first kappa shape index (κ1) is 17.9. The Balaban J connectivity index is 1.40. The molecule has 0 spiro atoms. The Kier molecular flexibility index (Phi) is 3.70. The number of aromatic nitrogens is 5. The van der Waals surface area contributed by atoms with E-state index >= 15 is 0 Å². The standard InChI is InChI=1S/C23H19FN6O2/c24-17-3-4-18-20-13(8-31-18)9-32-19-5-14(15-6-25-10-27-21(15)12-1-2-12)22-29-28-11-30(22)23(19)26-7-16(17)20/h3-6,10-13,26H,1-2,7-9H2/t13-/m1/s1. The van der Waals surface area contributed by atoms with Crippen LogP contribution in [0.5, 0.6) is 11.5 Å². The first-order chi connectivity index (χ1) is 15.8. The Morgan fingerprint density at radius 2 is 1.94 bits per heavy atom. The van der Waals surface area contributed by atoms with E-state index in [9.17, 15) is 4.39 Å². The molecule has 1 aliphatic carbocycles. The van der Waals surface area contributed by atoms with Crippen molar-refractivity contribution in [3.05, 3.63) is 59.7 Å². The first-order valence-corrected chi connectivity index (χ1v) is 10.8. The van der Waals surface area contributed by atoms with Crippen LogP contribution in [0.1, 0.15) is 41.5 Å². The summed E-state index contributed by atoms with van der Waals surface area (Å²) in [4.78, 5) is 8.82. The number of anilines is 1. The van der Waals surface area contributed by atoms with E-state index in [1.165, 1.54) is 6.07 Å². The minimum absolute atomic E-state index is 0.0365. The second-order valence-corrected chi connectivity index (χ2v) is 8.50. The van der Waals surface area contributed by atoms with Crippen molar-refractivity contribution in [2.24, 2.45) is 0 Å². The Morgan fingerprint density at radius 3 is 2.81 bits per heavy atom. The molecule has 0 saturated heterocycles. The summed E-state index contributed by atoms with van der Waals surface area (Å²) >= 11 is 0. The summed E-state index contributed by atoms with van der Waals surface area (Å²) in [7, 11) is 0.